The minimum absolute atomic E-state index is 0.656. The molecule has 1 aromatic carbocycles. The van der Waals surface area contributed by atoms with Gasteiger partial charge in [-0.15, -0.1) is 0 Å². The summed E-state index contributed by atoms with van der Waals surface area (Å²) in [6.07, 6.45) is 2.99. The first kappa shape index (κ1) is 20.3. The van der Waals surface area contributed by atoms with Crippen LogP contribution in [-0.4, -0.2) is 59.6 Å². The van der Waals surface area contributed by atoms with Gasteiger partial charge in [0, 0.05) is 33.9 Å². The minimum atomic E-state index is 0.656. The first-order chi connectivity index (χ1) is 11.9. The van der Waals surface area contributed by atoms with Crippen LogP contribution in [0.2, 0.25) is 0 Å². The van der Waals surface area contributed by atoms with Crippen molar-refractivity contribution in [1.82, 2.24) is 10.6 Å². The number of unbranched alkanes of at least 4 members (excludes halogenated alkanes) is 1. The summed E-state index contributed by atoms with van der Waals surface area (Å²) in [4.78, 5) is 4.21. The Hall–Kier alpha value is -1.79. The molecule has 0 saturated heterocycles. The molecule has 0 atom stereocenters. The van der Waals surface area contributed by atoms with Crippen molar-refractivity contribution in [3.8, 4) is 5.75 Å². The zero-order chi connectivity index (χ0) is 17.3. The molecule has 2 N–H and O–H groups in total. The molecule has 0 heterocycles. The summed E-state index contributed by atoms with van der Waals surface area (Å²) in [6, 6.07) is 9.86. The molecule has 0 aromatic heterocycles. The largest absolute Gasteiger partial charge is 0.494 e. The molecule has 0 radical (unpaired) electrons. The third kappa shape index (κ3) is 10.9. The van der Waals surface area contributed by atoms with E-state index in [9.17, 15) is 0 Å². The van der Waals surface area contributed by atoms with Gasteiger partial charge in [0.15, 0.2) is 5.96 Å². The van der Waals surface area contributed by atoms with Crippen LogP contribution in [0.5, 0.6) is 5.75 Å². The average molecular weight is 337 g/mol. The molecule has 0 amide bonds. The molecular formula is C18H31N3O3. The predicted molar refractivity (Wildman–Crippen MR) is 97.8 cm³/mol. The number of para-hydroxylation sites is 1. The van der Waals surface area contributed by atoms with Crippen LogP contribution in [0.3, 0.4) is 0 Å². The van der Waals surface area contributed by atoms with E-state index < -0.39 is 0 Å². The quantitative estimate of drug-likeness (QED) is 0.328. The maximum Gasteiger partial charge on any atom is 0.190 e. The number of ether oxygens (including phenoxy) is 3. The fourth-order valence-electron chi connectivity index (χ4n) is 1.99. The Morgan fingerprint density at radius 2 is 1.67 bits per heavy atom. The van der Waals surface area contributed by atoms with Crippen LogP contribution in [-0.2, 0) is 9.47 Å². The van der Waals surface area contributed by atoms with E-state index in [1.807, 2.05) is 30.3 Å². The van der Waals surface area contributed by atoms with E-state index in [1.54, 1.807) is 14.2 Å². The van der Waals surface area contributed by atoms with Gasteiger partial charge in [0.25, 0.3) is 0 Å². The smallest absolute Gasteiger partial charge is 0.190 e. The van der Waals surface area contributed by atoms with Gasteiger partial charge in [-0.1, -0.05) is 18.2 Å². The standard InChI is InChI=1S/C18H31N3O3/c1-19-18(20-11-6-7-13-23-16-15-22-2)21-12-8-14-24-17-9-4-3-5-10-17/h3-5,9-10H,6-8,11-16H2,1-2H3,(H2,19,20,21). The maximum atomic E-state index is 5.65. The summed E-state index contributed by atoms with van der Waals surface area (Å²) in [6.45, 7) is 4.49. The highest BCUT2D eigenvalue weighted by Gasteiger charge is 1.97. The van der Waals surface area contributed by atoms with Crippen LogP contribution in [0.25, 0.3) is 0 Å². The van der Waals surface area contributed by atoms with E-state index in [0.717, 1.165) is 50.7 Å². The molecule has 136 valence electrons. The van der Waals surface area contributed by atoms with Crippen molar-refractivity contribution in [2.24, 2.45) is 4.99 Å². The Morgan fingerprint density at radius 3 is 2.38 bits per heavy atom. The van der Waals surface area contributed by atoms with Gasteiger partial charge >= 0.3 is 0 Å². The van der Waals surface area contributed by atoms with Crippen molar-refractivity contribution in [3.63, 3.8) is 0 Å². The number of hydrogen-bond acceptors (Lipinski definition) is 4. The van der Waals surface area contributed by atoms with Gasteiger partial charge < -0.3 is 24.8 Å². The number of nitrogens with one attached hydrogen (secondary N) is 2. The Bertz CT molecular complexity index is 427. The summed E-state index contributed by atoms with van der Waals surface area (Å²) in [5, 5.41) is 6.58. The molecule has 0 aliphatic carbocycles. The van der Waals surface area contributed by atoms with Gasteiger partial charge in [-0.3, -0.25) is 4.99 Å². The van der Waals surface area contributed by atoms with Crippen LogP contribution in [0.15, 0.2) is 35.3 Å². The van der Waals surface area contributed by atoms with Crippen LogP contribution in [0.4, 0.5) is 0 Å². The number of guanidine groups is 1. The second-order valence-electron chi connectivity index (χ2n) is 5.25. The average Bonchev–Trinajstić information content (AvgIpc) is 2.62. The summed E-state index contributed by atoms with van der Waals surface area (Å²) in [5.74, 6) is 1.74. The van der Waals surface area contributed by atoms with Crippen molar-refractivity contribution in [1.29, 1.82) is 0 Å². The lowest BCUT2D eigenvalue weighted by Gasteiger charge is -2.12. The van der Waals surface area contributed by atoms with E-state index in [2.05, 4.69) is 15.6 Å². The summed E-state index contributed by atoms with van der Waals surface area (Å²) < 4.78 is 16.0. The number of benzene rings is 1. The summed E-state index contributed by atoms with van der Waals surface area (Å²) >= 11 is 0. The number of aliphatic imine (C=N–C) groups is 1. The van der Waals surface area contributed by atoms with Crippen molar-refractivity contribution in [2.45, 2.75) is 19.3 Å². The van der Waals surface area contributed by atoms with Crippen molar-refractivity contribution in [2.75, 3.05) is 53.7 Å². The van der Waals surface area contributed by atoms with Gasteiger partial charge in [-0.25, -0.2) is 0 Å². The molecule has 0 aliphatic heterocycles. The fourth-order valence-corrected chi connectivity index (χ4v) is 1.99. The third-order valence-electron chi connectivity index (χ3n) is 3.29. The molecule has 0 fully saturated rings. The molecule has 1 aromatic rings. The number of hydrogen-bond donors (Lipinski definition) is 2. The van der Waals surface area contributed by atoms with Gasteiger partial charge in [0.1, 0.15) is 5.75 Å². The highest BCUT2D eigenvalue weighted by Crippen LogP contribution is 2.07. The van der Waals surface area contributed by atoms with E-state index >= 15 is 0 Å². The van der Waals surface area contributed by atoms with Crippen molar-refractivity contribution < 1.29 is 14.2 Å². The molecule has 6 nitrogen and oxygen atoms in total. The lowest BCUT2D eigenvalue weighted by Crippen LogP contribution is -2.38. The van der Waals surface area contributed by atoms with Crippen LogP contribution in [0, 0.1) is 0 Å². The Balaban J connectivity index is 1.95. The zero-order valence-electron chi connectivity index (χ0n) is 14.9. The summed E-state index contributed by atoms with van der Waals surface area (Å²) in [7, 11) is 3.46. The molecule has 0 bridgehead atoms. The van der Waals surface area contributed by atoms with Gasteiger partial charge in [0.2, 0.25) is 0 Å². The number of nitrogens with zero attached hydrogens (tertiary/aromatic N) is 1. The van der Waals surface area contributed by atoms with Crippen LogP contribution < -0.4 is 15.4 Å². The first-order valence-electron chi connectivity index (χ1n) is 8.56. The summed E-state index contributed by atoms with van der Waals surface area (Å²) in [5.41, 5.74) is 0. The highest BCUT2D eigenvalue weighted by atomic mass is 16.5. The molecule has 6 heteroatoms. The van der Waals surface area contributed by atoms with E-state index in [-0.39, 0.29) is 0 Å². The third-order valence-corrected chi connectivity index (χ3v) is 3.29. The SMILES string of the molecule is CN=C(NCCCCOCCOC)NCCCOc1ccccc1. The molecule has 24 heavy (non-hydrogen) atoms. The minimum Gasteiger partial charge on any atom is -0.494 e. The normalized spacial score (nSPS) is 11.3. The lowest BCUT2D eigenvalue weighted by molar-refractivity contribution is 0.0689. The maximum absolute atomic E-state index is 5.65. The Kier molecular flexibility index (Phi) is 12.5. The molecule has 0 spiro atoms. The van der Waals surface area contributed by atoms with Gasteiger partial charge in [-0.05, 0) is 31.4 Å². The fraction of sp³-hybridized carbons (Fsp3) is 0.611. The first-order valence-corrected chi connectivity index (χ1v) is 8.56. The van der Waals surface area contributed by atoms with E-state index in [4.69, 9.17) is 14.2 Å². The molecule has 0 unspecified atom stereocenters. The molecule has 0 aliphatic rings. The number of rotatable bonds is 13. The zero-order valence-corrected chi connectivity index (χ0v) is 14.9. The van der Waals surface area contributed by atoms with Crippen molar-refractivity contribution in [3.05, 3.63) is 30.3 Å². The highest BCUT2D eigenvalue weighted by molar-refractivity contribution is 5.79. The van der Waals surface area contributed by atoms with Gasteiger partial charge in [-0.2, -0.15) is 0 Å². The van der Waals surface area contributed by atoms with Gasteiger partial charge in [0.05, 0.1) is 19.8 Å². The second kappa shape index (κ2) is 14.8. The predicted octanol–water partition coefficient (Wildman–Crippen LogP) is 2.06. The van der Waals surface area contributed by atoms with Crippen molar-refractivity contribution >= 4 is 5.96 Å². The Morgan fingerprint density at radius 1 is 0.917 bits per heavy atom. The molecular weight excluding hydrogens is 306 g/mol. The second-order valence-corrected chi connectivity index (χ2v) is 5.25. The van der Waals surface area contributed by atoms with E-state index in [0.29, 0.717) is 19.8 Å². The van der Waals surface area contributed by atoms with Crippen LogP contribution in [0.1, 0.15) is 19.3 Å². The number of methoxy groups -OCH3 is 1. The molecule has 0 saturated carbocycles. The van der Waals surface area contributed by atoms with E-state index in [1.165, 1.54) is 0 Å². The van der Waals surface area contributed by atoms with Crippen LogP contribution >= 0.6 is 0 Å². The Labute approximate surface area is 145 Å². The molecule has 1 rings (SSSR count). The topological polar surface area (TPSA) is 64.1 Å². The monoisotopic (exact) mass is 337 g/mol. The lowest BCUT2D eigenvalue weighted by atomic mass is 10.3.